The first kappa shape index (κ1) is 19.8. The van der Waals surface area contributed by atoms with Crippen LogP contribution in [-0.2, 0) is 16.4 Å². The van der Waals surface area contributed by atoms with E-state index in [1.54, 1.807) is 18.2 Å². The zero-order chi connectivity index (χ0) is 20.3. The Bertz CT molecular complexity index is 1070. The first-order valence-electron chi connectivity index (χ1n) is 9.04. The number of hydrogen-bond acceptors (Lipinski definition) is 6. The molecule has 1 aromatic heterocycles. The Labute approximate surface area is 166 Å². The van der Waals surface area contributed by atoms with Gasteiger partial charge in [-0.25, -0.2) is 13.4 Å². The fourth-order valence-electron chi connectivity index (χ4n) is 2.89. The Morgan fingerprint density at radius 2 is 1.79 bits per heavy atom. The number of hydrogen-bond donors (Lipinski definition) is 1. The minimum Gasteiger partial charge on any atom is -0.382 e. The molecule has 0 saturated carbocycles. The molecule has 3 aromatic rings. The highest BCUT2D eigenvalue weighted by Crippen LogP contribution is 2.27. The number of anilines is 2. The quantitative estimate of drug-likeness (QED) is 0.685. The van der Waals surface area contributed by atoms with E-state index in [9.17, 15) is 8.42 Å². The molecule has 6 nitrogen and oxygen atoms in total. The molecule has 146 valence electrons. The second kappa shape index (κ2) is 7.98. The Morgan fingerprint density at radius 3 is 2.39 bits per heavy atom. The molecule has 0 bridgehead atoms. The van der Waals surface area contributed by atoms with Crippen molar-refractivity contribution in [3.05, 3.63) is 71.9 Å². The molecule has 0 aliphatic carbocycles. The van der Waals surface area contributed by atoms with Gasteiger partial charge in [0.1, 0.15) is 10.7 Å². The summed E-state index contributed by atoms with van der Waals surface area (Å²) in [6.45, 7) is 6.49. The van der Waals surface area contributed by atoms with Gasteiger partial charge in [-0.15, -0.1) is 0 Å². The van der Waals surface area contributed by atoms with Crippen molar-refractivity contribution in [1.82, 2.24) is 9.97 Å². The van der Waals surface area contributed by atoms with Crippen LogP contribution in [0.2, 0.25) is 0 Å². The van der Waals surface area contributed by atoms with Crippen LogP contribution in [0.1, 0.15) is 25.0 Å². The lowest BCUT2D eigenvalue weighted by Gasteiger charge is -2.27. The van der Waals surface area contributed by atoms with Gasteiger partial charge in [-0.05, 0) is 44.0 Å². The van der Waals surface area contributed by atoms with Gasteiger partial charge in [-0.1, -0.05) is 42.5 Å². The summed E-state index contributed by atoms with van der Waals surface area (Å²) in [6.07, 6.45) is 1.30. The number of rotatable bonds is 6. The van der Waals surface area contributed by atoms with E-state index in [4.69, 9.17) is 5.73 Å². The van der Waals surface area contributed by atoms with Crippen LogP contribution in [0, 0.1) is 6.92 Å². The summed E-state index contributed by atoms with van der Waals surface area (Å²) < 4.78 is 25.9. The summed E-state index contributed by atoms with van der Waals surface area (Å²) in [6, 6.07) is 16.8. The molecule has 0 aliphatic rings. The van der Waals surface area contributed by atoms with Crippen LogP contribution in [0.3, 0.4) is 0 Å². The molecule has 0 aliphatic heterocycles. The molecule has 0 radical (unpaired) electrons. The minimum atomic E-state index is -3.78. The van der Waals surface area contributed by atoms with Gasteiger partial charge in [0.05, 0.1) is 11.1 Å². The maximum atomic E-state index is 12.9. The van der Waals surface area contributed by atoms with E-state index in [-0.39, 0.29) is 21.7 Å². The molecular formula is C21H24N4O2S. The second-order valence-electron chi connectivity index (χ2n) is 6.95. The molecule has 2 aromatic carbocycles. The van der Waals surface area contributed by atoms with Crippen LogP contribution in [0.4, 0.5) is 11.8 Å². The summed E-state index contributed by atoms with van der Waals surface area (Å²) >= 11 is 0. The van der Waals surface area contributed by atoms with Gasteiger partial charge < -0.3 is 10.6 Å². The van der Waals surface area contributed by atoms with Gasteiger partial charge in [0.25, 0.3) is 0 Å². The van der Waals surface area contributed by atoms with E-state index in [0.29, 0.717) is 12.5 Å². The third-order valence-corrected chi connectivity index (χ3v) is 6.20. The van der Waals surface area contributed by atoms with Crippen molar-refractivity contribution in [2.24, 2.45) is 0 Å². The van der Waals surface area contributed by atoms with Crippen LogP contribution in [0.25, 0.3) is 0 Å². The zero-order valence-electron chi connectivity index (χ0n) is 16.2. The number of nitrogens with two attached hydrogens (primary N) is 1. The third-order valence-electron chi connectivity index (χ3n) is 4.44. The average Bonchev–Trinajstić information content (AvgIpc) is 2.66. The Kier molecular flexibility index (Phi) is 5.65. The predicted octanol–water partition coefficient (Wildman–Crippen LogP) is 3.62. The van der Waals surface area contributed by atoms with Gasteiger partial charge in [-0.3, -0.25) is 0 Å². The van der Waals surface area contributed by atoms with Gasteiger partial charge in [0, 0.05) is 12.6 Å². The van der Waals surface area contributed by atoms with Crippen LogP contribution < -0.4 is 10.6 Å². The smallest absolute Gasteiger partial charge is 0.227 e. The average molecular weight is 397 g/mol. The van der Waals surface area contributed by atoms with E-state index in [2.05, 4.69) is 9.97 Å². The van der Waals surface area contributed by atoms with Crippen LogP contribution in [-0.4, -0.2) is 24.4 Å². The van der Waals surface area contributed by atoms with Crippen molar-refractivity contribution >= 4 is 21.6 Å². The predicted molar refractivity (Wildman–Crippen MR) is 111 cm³/mol. The molecular weight excluding hydrogens is 372 g/mol. The molecule has 28 heavy (non-hydrogen) atoms. The number of benzene rings is 2. The van der Waals surface area contributed by atoms with E-state index in [0.717, 1.165) is 11.1 Å². The highest BCUT2D eigenvalue weighted by atomic mass is 32.2. The summed E-state index contributed by atoms with van der Waals surface area (Å²) in [5, 5.41) is 0. The molecule has 3 rings (SSSR count). The minimum absolute atomic E-state index is 0.0507. The van der Waals surface area contributed by atoms with E-state index < -0.39 is 9.84 Å². The summed E-state index contributed by atoms with van der Waals surface area (Å²) in [7, 11) is -3.78. The van der Waals surface area contributed by atoms with E-state index in [1.165, 1.54) is 6.20 Å². The number of nitrogen functional groups attached to an aromatic ring is 1. The van der Waals surface area contributed by atoms with Crippen LogP contribution in [0.15, 0.2) is 70.6 Å². The first-order valence-corrected chi connectivity index (χ1v) is 10.5. The van der Waals surface area contributed by atoms with Crippen molar-refractivity contribution in [1.29, 1.82) is 0 Å². The zero-order valence-corrected chi connectivity index (χ0v) is 17.0. The van der Waals surface area contributed by atoms with Crippen molar-refractivity contribution in [3.63, 3.8) is 0 Å². The third kappa shape index (κ3) is 4.14. The SMILES string of the molecule is Cc1cccc(S(=O)(=O)c2cnc(N(Cc3ccccc3)C(C)C)nc2N)c1. The number of nitrogens with zero attached hydrogens (tertiary/aromatic N) is 3. The lowest BCUT2D eigenvalue weighted by atomic mass is 10.2. The molecule has 2 N–H and O–H groups in total. The van der Waals surface area contributed by atoms with Crippen LogP contribution in [0.5, 0.6) is 0 Å². The molecule has 0 fully saturated rings. The molecule has 0 saturated heterocycles. The summed E-state index contributed by atoms with van der Waals surface area (Å²) in [5.74, 6) is 0.352. The molecule has 7 heteroatoms. The van der Waals surface area contributed by atoms with Crippen molar-refractivity contribution in [3.8, 4) is 0 Å². The monoisotopic (exact) mass is 396 g/mol. The lowest BCUT2D eigenvalue weighted by Crippen LogP contribution is -2.32. The van der Waals surface area contributed by atoms with Crippen molar-refractivity contribution in [2.75, 3.05) is 10.6 Å². The Hall–Kier alpha value is -2.93. The normalized spacial score (nSPS) is 11.6. The second-order valence-corrected chi connectivity index (χ2v) is 8.86. The number of sulfone groups is 1. The molecule has 0 amide bonds. The van der Waals surface area contributed by atoms with Crippen LogP contribution >= 0.6 is 0 Å². The molecule has 0 spiro atoms. The highest BCUT2D eigenvalue weighted by Gasteiger charge is 2.24. The largest absolute Gasteiger partial charge is 0.382 e. The molecule has 0 unspecified atom stereocenters. The highest BCUT2D eigenvalue weighted by molar-refractivity contribution is 7.91. The molecule has 1 heterocycles. The lowest BCUT2D eigenvalue weighted by molar-refractivity contribution is 0.595. The van der Waals surface area contributed by atoms with Gasteiger partial charge in [-0.2, -0.15) is 4.98 Å². The molecule has 0 atom stereocenters. The fraction of sp³-hybridized carbons (Fsp3) is 0.238. The van der Waals surface area contributed by atoms with Gasteiger partial charge in [0.15, 0.2) is 0 Å². The number of aromatic nitrogens is 2. The van der Waals surface area contributed by atoms with Crippen molar-refractivity contribution in [2.45, 2.75) is 43.1 Å². The standard InChI is InChI=1S/C21H24N4O2S/c1-15(2)25(14-17-9-5-4-6-10-17)21-23-13-19(20(22)24-21)28(26,27)18-11-7-8-16(3)12-18/h4-13,15H,14H2,1-3H3,(H2,22,23,24). The van der Waals surface area contributed by atoms with Gasteiger partial charge >= 0.3 is 0 Å². The van der Waals surface area contributed by atoms with E-state index >= 15 is 0 Å². The first-order chi connectivity index (χ1) is 13.3. The van der Waals surface area contributed by atoms with Crippen molar-refractivity contribution < 1.29 is 8.42 Å². The Morgan fingerprint density at radius 1 is 1.07 bits per heavy atom. The Balaban J connectivity index is 1.96. The topological polar surface area (TPSA) is 89.2 Å². The van der Waals surface area contributed by atoms with Gasteiger partial charge in [0.2, 0.25) is 15.8 Å². The summed E-state index contributed by atoms with van der Waals surface area (Å²) in [5.41, 5.74) is 8.02. The maximum absolute atomic E-state index is 12.9. The van der Waals surface area contributed by atoms with E-state index in [1.807, 2.05) is 62.1 Å². The fourth-order valence-corrected chi connectivity index (χ4v) is 4.26. The summed E-state index contributed by atoms with van der Waals surface area (Å²) in [4.78, 5) is 10.7. The maximum Gasteiger partial charge on any atom is 0.227 e. The number of aryl methyl sites for hydroxylation is 1.